The number of aromatic nitrogens is 2. The highest BCUT2D eigenvalue weighted by Crippen LogP contribution is 2.36. The van der Waals surface area contributed by atoms with E-state index in [1.807, 2.05) is 45.5 Å². The lowest BCUT2D eigenvalue weighted by Crippen LogP contribution is -2.41. The second kappa shape index (κ2) is 5.66. The van der Waals surface area contributed by atoms with Crippen molar-refractivity contribution < 1.29 is 14.4 Å². The molecule has 0 aliphatic carbocycles. The molecule has 1 saturated heterocycles. The first-order valence-corrected chi connectivity index (χ1v) is 8.04. The molecule has 22 heavy (non-hydrogen) atoms. The number of aliphatic hydroxyl groups excluding tert-OH is 1. The van der Waals surface area contributed by atoms with Crippen molar-refractivity contribution in [3.05, 3.63) is 12.4 Å². The summed E-state index contributed by atoms with van der Waals surface area (Å²) in [6.07, 6.45) is 4.12. The van der Waals surface area contributed by atoms with Gasteiger partial charge in [0.25, 0.3) is 0 Å². The van der Waals surface area contributed by atoms with Crippen molar-refractivity contribution >= 4 is 12.6 Å². The summed E-state index contributed by atoms with van der Waals surface area (Å²) >= 11 is 0. The van der Waals surface area contributed by atoms with Crippen LogP contribution in [-0.4, -0.2) is 39.3 Å². The predicted octanol–water partition coefficient (Wildman–Crippen LogP) is 1.98. The molecule has 1 aliphatic rings. The first-order chi connectivity index (χ1) is 9.98. The van der Waals surface area contributed by atoms with Gasteiger partial charge in [-0.2, -0.15) is 5.10 Å². The van der Waals surface area contributed by atoms with Crippen molar-refractivity contribution in [2.45, 2.75) is 78.7 Å². The quantitative estimate of drug-likeness (QED) is 0.845. The molecule has 2 rings (SSSR count). The van der Waals surface area contributed by atoms with Crippen LogP contribution < -0.4 is 5.46 Å². The second-order valence-electron chi connectivity index (χ2n) is 7.97. The van der Waals surface area contributed by atoms with E-state index in [1.165, 1.54) is 0 Å². The van der Waals surface area contributed by atoms with E-state index in [9.17, 15) is 5.11 Å². The van der Waals surface area contributed by atoms with Crippen LogP contribution in [0, 0.1) is 5.41 Å². The van der Waals surface area contributed by atoms with E-state index in [1.54, 1.807) is 6.20 Å². The van der Waals surface area contributed by atoms with E-state index < -0.39 is 7.12 Å². The third-order valence-electron chi connectivity index (χ3n) is 5.04. The van der Waals surface area contributed by atoms with Gasteiger partial charge >= 0.3 is 7.12 Å². The Morgan fingerprint density at radius 3 is 2.32 bits per heavy atom. The van der Waals surface area contributed by atoms with Crippen LogP contribution in [0.3, 0.4) is 0 Å². The van der Waals surface area contributed by atoms with E-state index in [4.69, 9.17) is 9.31 Å². The van der Waals surface area contributed by atoms with E-state index in [0.29, 0.717) is 6.54 Å². The van der Waals surface area contributed by atoms with Gasteiger partial charge in [-0.25, -0.2) is 0 Å². The molecule has 2 heterocycles. The van der Waals surface area contributed by atoms with Gasteiger partial charge in [0.1, 0.15) is 0 Å². The van der Waals surface area contributed by atoms with Gasteiger partial charge in [0, 0.05) is 29.8 Å². The Morgan fingerprint density at radius 1 is 1.27 bits per heavy atom. The Labute approximate surface area is 134 Å². The normalized spacial score (nSPS) is 22.1. The third-order valence-corrected chi connectivity index (χ3v) is 5.04. The Balaban J connectivity index is 2.10. The zero-order valence-electron chi connectivity index (χ0n) is 14.9. The number of hydrogen-bond acceptors (Lipinski definition) is 4. The Bertz CT molecular complexity index is 509. The van der Waals surface area contributed by atoms with Crippen molar-refractivity contribution in [2.24, 2.45) is 5.41 Å². The maximum Gasteiger partial charge on any atom is 0.498 e. The molecule has 1 aliphatic heterocycles. The van der Waals surface area contributed by atoms with Gasteiger partial charge in [0.2, 0.25) is 0 Å². The summed E-state index contributed by atoms with van der Waals surface area (Å²) in [5, 5.41) is 14.5. The molecule has 1 atom stereocenters. The van der Waals surface area contributed by atoms with Gasteiger partial charge in [-0.3, -0.25) is 4.68 Å². The largest absolute Gasteiger partial charge is 0.498 e. The fourth-order valence-electron chi connectivity index (χ4n) is 2.64. The minimum Gasteiger partial charge on any atom is -0.399 e. The van der Waals surface area contributed by atoms with Gasteiger partial charge in [-0.05, 0) is 34.1 Å². The SMILES string of the molecule is CCC(O)C(C)(C)Cn1cc(B2OC(C)(C)C(C)(C)O2)cn1. The van der Waals surface area contributed by atoms with Gasteiger partial charge < -0.3 is 14.4 Å². The molecule has 1 N–H and O–H groups in total. The molecule has 1 aromatic rings. The van der Waals surface area contributed by atoms with E-state index in [0.717, 1.165) is 11.9 Å². The molecule has 5 nitrogen and oxygen atoms in total. The van der Waals surface area contributed by atoms with Crippen LogP contribution in [0.5, 0.6) is 0 Å². The van der Waals surface area contributed by atoms with E-state index in [2.05, 4.69) is 18.9 Å². The molecule has 0 saturated carbocycles. The van der Waals surface area contributed by atoms with Crippen molar-refractivity contribution in [3.63, 3.8) is 0 Å². The molecular weight excluding hydrogens is 279 g/mol. The van der Waals surface area contributed by atoms with Crippen LogP contribution >= 0.6 is 0 Å². The molecular formula is C16H29BN2O3. The lowest BCUT2D eigenvalue weighted by molar-refractivity contribution is 0.00578. The molecule has 1 aromatic heterocycles. The van der Waals surface area contributed by atoms with E-state index >= 15 is 0 Å². The maximum atomic E-state index is 10.1. The molecule has 1 unspecified atom stereocenters. The van der Waals surface area contributed by atoms with Crippen molar-refractivity contribution in [3.8, 4) is 0 Å². The highest BCUT2D eigenvalue weighted by molar-refractivity contribution is 6.61. The van der Waals surface area contributed by atoms with Crippen molar-refractivity contribution in [2.75, 3.05) is 0 Å². The number of rotatable bonds is 5. The van der Waals surface area contributed by atoms with Gasteiger partial charge in [-0.1, -0.05) is 20.8 Å². The standard InChI is InChI=1S/C16H29BN2O3/c1-8-13(20)14(2,3)11-19-10-12(9-18-19)17-21-15(4,5)16(6,7)22-17/h9-10,13,20H,8,11H2,1-7H3. The summed E-state index contributed by atoms with van der Waals surface area (Å²) < 4.78 is 13.9. The molecule has 0 bridgehead atoms. The monoisotopic (exact) mass is 308 g/mol. The maximum absolute atomic E-state index is 10.1. The zero-order chi connectivity index (χ0) is 16.8. The predicted molar refractivity (Wildman–Crippen MR) is 88.0 cm³/mol. The number of nitrogens with zero attached hydrogens (tertiary/aromatic N) is 2. The lowest BCUT2D eigenvalue weighted by Gasteiger charge is -2.32. The molecule has 6 heteroatoms. The zero-order valence-corrected chi connectivity index (χ0v) is 14.9. The second-order valence-corrected chi connectivity index (χ2v) is 7.97. The van der Waals surface area contributed by atoms with Crippen LogP contribution in [0.1, 0.15) is 54.9 Å². The van der Waals surface area contributed by atoms with Gasteiger partial charge in [0.05, 0.1) is 17.3 Å². The minimum atomic E-state index is -0.391. The lowest BCUT2D eigenvalue weighted by atomic mass is 9.81. The summed E-state index contributed by atoms with van der Waals surface area (Å²) in [5.74, 6) is 0. The number of aliphatic hydroxyl groups is 1. The Morgan fingerprint density at radius 2 is 1.82 bits per heavy atom. The molecule has 0 radical (unpaired) electrons. The van der Waals surface area contributed by atoms with Gasteiger partial charge in [-0.15, -0.1) is 0 Å². The smallest absolute Gasteiger partial charge is 0.399 e. The van der Waals surface area contributed by atoms with Crippen LogP contribution in [0.15, 0.2) is 12.4 Å². The molecule has 0 aromatic carbocycles. The summed E-state index contributed by atoms with van der Waals surface area (Å²) in [4.78, 5) is 0. The molecule has 124 valence electrons. The first kappa shape index (κ1) is 17.5. The Hall–Kier alpha value is -0.845. The van der Waals surface area contributed by atoms with Crippen molar-refractivity contribution in [1.82, 2.24) is 9.78 Å². The van der Waals surface area contributed by atoms with E-state index in [-0.39, 0.29) is 22.7 Å². The van der Waals surface area contributed by atoms with Crippen LogP contribution in [0.4, 0.5) is 0 Å². The Kier molecular flexibility index (Phi) is 4.50. The first-order valence-electron chi connectivity index (χ1n) is 8.04. The third kappa shape index (κ3) is 3.24. The minimum absolute atomic E-state index is 0.228. The molecule has 0 amide bonds. The van der Waals surface area contributed by atoms with Crippen molar-refractivity contribution in [1.29, 1.82) is 0 Å². The fraction of sp³-hybridized carbons (Fsp3) is 0.812. The topological polar surface area (TPSA) is 56.5 Å². The fourth-order valence-corrected chi connectivity index (χ4v) is 2.64. The average Bonchev–Trinajstić information content (AvgIpc) is 2.91. The average molecular weight is 308 g/mol. The highest BCUT2D eigenvalue weighted by Gasteiger charge is 2.52. The van der Waals surface area contributed by atoms with Gasteiger partial charge in [0.15, 0.2) is 0 Å². The summed E-state index contributed by atoms with van der Waals surface area (Å²) in [7, 11) is -0.391. The van der Waals surface area contributed by atoms with Crippen LogP contribution in [-0.2, 0) is 15.9 Å². The van der Waals surface area contributed by atoms with Crippen LogP contribution in [0.2, 0.25) is 0 Å². The summed E-state index contributed by atoms with van der Waals surface area (Å²) in [5.41, 5.74) is -0.0106. The number of hydrogen-bond donors (Lipinski definition) is 1. The highest BCUT2D eigenvalue weighted by atomic mass is 16.7. The summed E-state index contributed by atoms with van der Waals surface area (Å²) in [6, 6.07) is 0. The molecule has 0 spiro atoms. The van der Waals surface area contributed by atoms with Crippen LogP contribution in [0.25, 0.3) is 0 Å². The molecule has 1 fully saturated rings. The summed E-state index contributed by atoms with van der Waals surface area (Å²) in [6.45, 7) is 14.9.